The van der Waals surface area contributed by atoms with E-state index in [4.69, 9.17) is 49.0 Å². The van der Waals surface area contributed by atoms with Gasteiger partial charge in [0.1, 0.15) is 96.2 Å². The normalized spacial score (nSPS) is 18.7. The van der Waals surface area contributed by atoms with E-state index in [2.05, 4.69) is 79.8 Å². The number of phenols is 1. The Morgan fingerprint density at radius 1 is 0.609 bits per heavy atom. The van der Waals surface area contributed by atoms with Gasteiger partial charge >= 0.3 is 5.97 Å². The van der Waals surface area contributed by atoms with Gasteiger partial charge < -0.3 is 142 Å². The van der Waals surface area contributed by atoms with Gasteiger partial charge in [-0.25, -0.2) is 4.79 Å². The van der Waals surface area contributed by atoms with Crippen LogP contribution in [0.15, 0.2) is 63.8 Å². The van der Waals surface area contributed by atoms with Crippen LogP contribution in [-0.4, -0.2) is 282 Å². The lowest BCUT2D eigenvalue weighted by Crippen LogP contribution is -2.61. The minimum atomic E-state index is -1.88. The number of nitrogens with one attached hydrogen (secondary N) is 15. The van der Waals surface area contributed by atoms with E-state index < -0.39 is 237 Å². The second-order valence-electron chi connectivity index (χ2n) is 34.3. The Morgan fingerprint density at radius 2 is 1.23 bits per heavy atom. The minimum absolute atomic E-state index is 0.0243. The summed E-state index contributed by atoms with van der Waals surface area (Å²) in [5.74, 6) is -16.9. The van der Waals surface area contributed by atoms with Gasteiger partial charge in [0, 0.05) is 66.8 Å². The summed E-state index contributed by atoms with van der Waals surface area (Å²) >= 11 is 5.49. The molecule has 16 amide bonds. The molecule has 46 heteroatoms. The summed E-state index contributed by atoms with van der Waals surface area (Å²) in [5.41, 5.74) is 24.0. The van der Waals surface area contributed by atoms with E-state index in [1.165, 1.54) is 35.2 Å². The van der Waals surface area contributed by atoms with Crippen LogP contribution in [-0.2, 0) is 86.2 Å². The number of aromatic hydroxyl groups is 1. The number of aliphatic hydroxyl groups is 2. The smallest absolute Gasteiger partial charge is 0.336 e. The number of hydrogen-bond acceptors (Lipinski definition) is 27. The molecule has 0 saturated carbocycles. The van der Waals surface area contributed by atoms with E-state index in [1.807, 2.05) is 13.8 Å². The van der Waals surface area contributed by atoms with Gasteiger partial charge in [-0.3, -0.25) is 81.5 Å². The molecule has 1 aliphatic carbocycles. The van der Waals surface area contributed by atoms with E-state index in [9.17, 15) is 107 Å². The van der Waals surface area contributed by atoms with Crippen LogP contribution >= 0.6 is 12.2 Å². The Balaban J connectivity index is 1.09. The lowest BCUT2D eigenvalue weighted by atomic mass is 9.90. The number of ether oxygens (including phenoxy) is 2. The second-order valence-corrected chi connectivity index (χ2v) is 34.7. The number of nitrogens with zero attached hydrogens (tertiary/aromatic N) is 1. The number of phenolic OH excluding ortho intramolecular Hbond substituents is 1. The number of aromatic carboxylic acids is 1. The number of rotatable bonds is 51. The van der Waals surface area contributed by atoms with Gasteiger partial charge in [0.05, 0.1) is 45.1 Å². The van der Waals surface area contributed by atoms with Crippen LogP contribution in [0.4, 0.5) is 5.69 Å². The summed E-state index contributed by atoms with van der Waals surface area (Å²) < 4.78 is 17.3. The van der Waals surface area contributed by atoms with Crippen molar-refractivity contribution < 1.29 is 116 Å². The predicted molar refractivity (Wildman–Crippen MR) is 510 cm³/mol. The average Bonchev–Trinajstić information content (AvgIpc) is 0.828. The number of unbranched alkanes of at least 4 members (excludes halogenated alkanes) is 4. The third-order valence-corrected chi connectivity index (χ3v) is 24.0. The molecule has 0 bridgehead atoms. The number of thiocarbonyl (C=S) groups is 1. The number of nitrogens with two attached hydrogens (primary N) is 4. The fourth-order valence-electron chi connectivity index (χ4n) is 15.4. The zero-order valence-electron chi connectivity index (χ0n) is 79.1. The van der Waals surface area contributed by atoms with Gasteiger partial charge in [0.15, 0.2) is 10.5 Å². The number of fused-ring (bicyclic) bond motifs is 2. The fraction of sp³-hybridized carbons (Fsp3) is 0.598. The van der Waals surface area contributed by atoms with Crippen molar-refractivity contribution in [3.05, 3.63) is 70.4 Å². The Kier molecular flexibility index (Phi) is 49.2. The van der Waals surface area contributed by atoms with Crippen molar-refractivity contribution in [2.24, 2.45) is 34.8 Å². The first-order valence-electron chi connectivity index (χ1n) is 47.1. The Bertz CT molecular complexity index is 4870. The summed E-state index contributed by atoms with van der Waals surface area (Å²) in [5, 5.41) is 81.6. The molecule has 0 aromatic heterocycles. The highest BCUT2D eigenvalue weighted by Gasteiger charge is 2.41. The molecule has 138 heavy (non-hydrogen) atoms. The van der Waals surface area contributed by atoms with E-state index in [0.717, 1.165) is 0 Å². The molecule has 2 aromatic rings. The first-order chi connectivity index (χ1) is 65.9. The molecule has 4 aliphatic rings. The molecule has 6 rings (SSSR count). The highest BCUT2D eigenvalue weighted by atomic mass is 32.1. The molecule has 0 radical (unpaired) electrons. The number of carboxylic acid groups (broad SMARTS) is 1. The van der Waals surface area contributed by atoms with Crippen LogP contribution in [0.3, 0.4) is 0 Å². The highest BCUT2D eigenvalue weighted by molar-refractivity contribution is 7.80. The Morgan fingerprint density at radius 3 is 1.86 bits per heavy atom. The summed E-state index contributed by atoms with van der Waals surface area (Å²) in [6.45, 7) is 7.62. The van der Waals surface area contributed by atoms with Gasteiger partial charge in [0.2, 0.25) is 94.5 Å². The molecule has 2 aromatic carbocycles. The van der Waals surface area contributed by atoms with Gasteiger partial charge in [-0.15, -0.1) is 0 Å². The van der Waals surface area contributed by atoms with E-state index in [1.54, 1.807) is 52.0 Å². The molecule has 0 spiro atoms. The topological polar surface area (TPSA) is 708 Å². The van der Waals surface area contributed by atoms with Crippen molar-refractivity contribution in [1.82, 2.24) is 79.3 Å². The molecule has 2 unspecified atom stereocenters. The zero-order chi connectivity index (χ0) is 102. The van der Waals surface area contributed by atoms with Crippen LogP contribution in [0.2, 0.25) is 0 Å². The third kappa shape index (κ3) is 36.7. The van der Waals surface area contributed by atoms with Gasteiger partial charge in [-0.1, -0.05) is 86.1 Å². The van der Waals surface area contributed by atoms with Gasteiger partial charge in [-0.2, -0.15) is 0 Å². The maximum atomic E-state index is 14.8. The first kappa shape index (κ1) is 114. The van der Waals surface area contributed by atoms with Crippen molar-refractivity contribution in [2.45, 2.75) is 262 Å². The number of anilines is 1. The number of likely N-dealkylation sites (tertiary alicyclic amines) is 1. The highest BCUT2D eigenvalue weighted by Crippen LogP contribution is 2.43. The van der Waals surface area contributed by atoms with Crippen molar-refractivity contribution in [1.29, 1.82) is 0 Å². The fourth-order valence-corrected chi connectivity index (χ4v) is 15.6. The summed E-state index contributed by atoms with van der Waals surface area (Å²) in [6.07, 6.45) is 3.18. The van der Waals surface area contributed by atoms with Crippen LogP contribution in [0.5, 0.6) is 5.75 Å². The summed E-state index contributed by atoms with van der Waals surface area (Å²) in [7, 11) is 0. The summed E-state index contributed by atoms with van der Waals surface area (Å²) in [4.78, 5) is 249. The molecule has 2 fully saturated rings. The quantitative estimate of drug-likeness (QED) is 0.0133. The lowest BCUT2D eigenvalue weighted by molar-refractivity contribution is -0.143. The first-order valence-corrected chi connectivity index (χ1v) is 47.5. The molecule has 27 N–H and O–H groups in total. The van der Waals surface area contributed by atoms with Crippen molar-refractivity contribution >= 4 is 134 Å². The molecule has 2 saturated heterocycles. The van der Waals surface area contributed by atoms with Crippen LogP contribution < -0.4 is 108 Å². The maximum absolute atomic E-state index is 14.8. The Labute approximate surface area is 805 Å². The van der Waals surface area contributed by atoms with Crippen LogP contribution in [0, 0.1) is 11.8 Å². The molecular weight excluding hydrogens is 1820 g/mol. The number of benzene rings is 3. The lowest BCUT2D eigenvalue weighted by Gasteiger charge is -2.30. The zero-order valence-corrected chi connectivity index (χ0v) is 79.9. The number of amides is 16. The van der Waals surface area contributed by atoms with E-state index in [0.29, 0.717) is 79.1 Å². The molecule has 3 heterocycles. The van der Waals surface area contributed by atoms with E-state index in [-0.39, 0.29) is 156 Å². The minimum Gasteiger partial charge on any atom is -0.508 e. The standard InChI is InChI=1S/C92H138N20O25S/c1-7-11-20-60(79(96)121)101-81(123)63(22-13-16-36-93)103-82(124)62(21-12-8-2)104-87(129)68(49-114)109-89(131)77(51(5)9-3)110-74(119)47-99-80(122)61-24-15-18-38-97-73(118)35-33-66(85(127)111-78(52(6)10-4)90(132)107-65(32-34-72(95)117)84(126)108-67(48-113)86(128)102-61)105-83(125)64(23-14-17-37-94)106-88(130)69-25-19-40-112(69)75(120)50-136-43-42-135-41-39-98-92(138)100-53-26-29-56(59(44-53)91(133)134)76-57-30-27-54(115)45-70(57)137-71-46-55(116)28-31-58(71)76/h26-31,44-46,51-52,60-69,77-78,113-115H,7-25,32-43,47-50,93-94H2,1-6H3,(H2,95,117)(H2,96,121)(H,97,118)(H,99,122)(H,101,123)(H,102,128)(H,103,124)(H,104,129)(H,105,125)(H,106,130)(H,107,132)(H,108,126)(H,109,131)(H,110,119)(H,111,127)(H,133,134)(H2,98,100,138)/t51-,52-,60?,61-,62?,63-,64-,65-,66-,67-,68-,69-,77-,78-/m0/s1. The summed E-state index contributed by atoms with van der Waals surface area (Å²) in [6, 6.07) is -4.29. The number of carbonyl (C=O) groups is 17. The monoisotopic (exact) mass is 1950 g/mol. The second kappa shape index (κ2) is 59.5. The molecule has 762 valence electrons. The number of aliphatic hydroxyl groups excluding tert-OH is 2. The predicted octanol–water partition coefficient (Wildman–Crippen LogP) is -1.73. The number of carboxylic acids is 1. The number of primary amides is 2. The maximum Gasteiger partial charge on any atom is 0.336 e. The van der Waals surface area contributed by atoms with Crippen molar-refractivity contribution in [2.75, 3.05) is 84.2 Å². The number of carbonyl (C=O) groups excluding carboxylic acids is 16. The molecule has 14 atom stereocenters. The van der Waals surface area contributed by atoms with Crippen LogP contribution in [0.25, 0.3) is 33.4 Å². The average molecular weight is 1960 g/mol. The molecule has 3 aliphatic heterocycles. The van der Waals surface area contributed by atoms with Crippen LogP contribution in [0.1, 0.15) is 200 Å². The molecule has 45 nitrogen and oxygen atoms in total. The van der Waals surface area contributed by atoms with Crippen molar-refractivity contribution in [3.8, 4) is 28.2 Å². The van der Waals surface area contributed by atoms with E-state index >= 15 is 0 Å². The largest absolute Gasteiger partial charge is 0.508 e. The Hall–Kier alpha value is -12.6. The third-order valence-electron chi connectivity index (χ3n) is 23.7. The van der Waals surface area contributed by atoms with Gasteiger partial charge in [-0.05, 0) is 175 Å². The number of hydrogen-bond donors (Lipinski definition) is 23. The molecular formula is C92H138N20O25S. The SMILES string of the molecule is CCCCC(NC(=O)[C@H](CCCCN)NC(=O)C(CCCC)NC(=O)[C@H](CO)NC(=O)[C@@H](NC(=O)CNC(=O)[C@@H]1CCCCNC(=O)CC[C@H](NC(=O)[C@H](CCCCN)NC(=O)[C@@H]2CCCN2C(=O)COCCOCCNC(=S)Nc2ccc(-c3c4ccc(=O)cc-4oc4cc(O)ccc34)c(C(=O)O)c2)C(=O)N[C@@H]([C@@H](C)CC)C(=O)N[C@@H](CCC(N)=O)C(=O)N[C@@H](CO)C(=O)N1)[C@@H](C)CC)C(N)=O. The van der Waals surface area contributed by atoms with Crippen molar-refractivity contribution in [3.63, 3.8) is 0 Å². The van der Waals surface area contributed by atoms with Gasteiger partial charge in [0.25, 0.3) is 0 Å².